The van der Waals surface area contributed by atoms with E-state index in [4.69, 9.17) is 9.15 Å². The molecule has 0 saturated carbocycles. The minimum Gasteiger partial charge on any atom is -0.467 e. The molecule has 0 aliphatic carbocycles. The van der Waals surface area contributed by atoms with Gasteiger partial charge in [-0.2, -0.15) is 4.72 Å². The molecule has 1 saturated heterocycles. The van der Waals surface area contributed by atoms with Crippen molar-refractivity contribution >= 4 is 33.3 Å². The van der Waals surface area contributed by atoms with Crippen LogP contribution in [0.1, 0.15) is 25.0 Å². The van der Waals surface area contributed by atoms with Crippen LogP contribution in [-0.2, 0) is 30.9 Å². The van der Waals surface area contributed by atoms with Gasteiger partial charge in [0.2, 0.25) is 10.0 Å². The molecule has 1 fully saturated rings. The number of amides is 1. The van der Waals surface area contributed by atoms with E-state index in [1.165, 1.54) is 18.4 Å². The van der Waals surface area contributed by atoms with Crippen LogP contribution in [0, 0.1) is 10.1 Å². The van der Waals surface area contributed by atoms with Gasteiger partial charge in [0.15, 0.2) is 6.61 Å². The summed E-state index contributed by atoms with van der Waals surface area (Å²) in [5.74, 6) is -0.728. The van der Waals surface area contributed by atoms with Gasteiger partial charge in [0, 0.05) is 19.2 Å². The third kappa shape index (κ3) is 6.76. The Kier molecular flexibility index (Phi) is 8.01. The first-order valence-corrected chi connectivity index (χ1v) is 11.7. The number of ether oxygens (including phenoxy) is 1. The predicted octanol–water partition coefficient (Wildman–Crippen LogP) is 1.63. The molecule has 0 spiro atoms. The number of likely N-dealkylation sites (tertiary alicyclic amines) is 1. The van der Waals surface area contributed by atoms with Crippen molar-refractivity contribution in [2.24, 2.45) is 0 Å². The summed E-state index contributed by atoms with van der Waals surface area (Å²) in [6.07, 6.45) is 4.29. The van der Waals surface area contributed by atoms with Crippen LogP contribution >= 0.6 is 0 Å². The molecule has 1 aromatic carbocycles. The zero-order chi connectivity index (χ0) is 23.8. The molecule has 2 N–H and O–H groups in total. The number of nitrogens with one attached hydrogen (secondary N) is 2. The fourth-order valence-electron chi connectivity index (χ4n) is 3.24. The number of anilines is 1. The number of nitrogens with zero attached hydrogens (tertiary/aromatic N) is 2. The van der Waals surface area contributed by atoms with Crippen molar-refractivity contribution in [1.82, 2.24) is 9.62 Å². The molecule has 13 heteroatoms. The van der Waals surface area contributed by atoms with E-state index in [9.17, 15) is 28.1 Å². The van der Waals surface area contributed by atoms with Crippen LogP contribution in [0.25, 0.3) is 0 Å². The minimum atomic E-state index is -4.24. The zero-order valence-corrected chi connectivity index (χ0v) is 18.5. The highest BCUT2D eigenvalue weighted by atomic mass is 32.2. The Hall–Kier alpha value is -3.45. The summed E-state index contributed by atoms with van der Waals surface area (Å²) >= 11 is 0. The molecular formula is C20H24N4O8S. The fourth-order valence-corrected chi connectivity index (χ4v) is 4.23. The summed E-state index contributed by atoms with van der Waals surface area (Å²) < 4.78 is 37.0. The number of nitro groups is 1. The number of rotatable bonds is 10. The van der Waals surface area contributed by atoms with E-state index in [-0.39, 0.29) is 18.1 Å². The molecule has 1 aliphatic heterocycles. The number of carbonyl (C=O) groups is 2. The molecule has 33 heavy (non-hydrogen) atoms. The molecule has 1 aliphatic rings. The first-order valence-electron chi connectivity index (χ1n) is 10.2. The normalized spacial score (nSPS) is 14.0. The van der Waals surface area contributed by atoms with Gasteiger partial charge in [-0.3, -0.25) is 19.7 Å². The van der Waals surface area contributed by atoms with Gasteiger partial charge >= 0.3 is 5.97 Å². The Morgan fingerprint density at radius 1 is 1.18 bits per heavy atom. The Labute approximate surface area is 190 Å². The van der Waals surface area contributed by atoms with Crippen LogP contribution in [-0.4, -0.2) is 56.4 Å². The van der Waals surface area contributed by atoms with Gasteiger partial charge in [0.1, 0.15) is 18.0 Å². The maximum Gasteiger partial charge on any atom is 0.321 e. The molecule has 1 aromatic heterocycles. The molecule has 178 valence electrons. The number of hydrogen-bond acceptors (Lipinski definition) is 9. The van der Waals surface area contributed by atoms with E-state index in [1.807, 2.05) is 4.72 Å². The number of furan rings is 1. The van der Waals surface area contributed by atoms with Gasteiger partial charge in [-0.25, -0.2) is 8.42 Å². The summed E-state index contributed by atoms with van der Waals surface area (Å²) in [6, 6.07) is 6.66. The van der Waals surface area contributed by atoms with E-state index >= 15 is 0 Å². The summed E-state index contributed by atoms with van der Waals surface area (Å²) in [6.45, 7) is 0.187. The lowest BCUT2D eigenvalue weighted by atomic mass is 10.1. The van der Waals surface area contributed by atoms with Gasteiger partial charge in [-0.05, 0) is 43.5 Å². The molecule has 3 rings (SSSR count). The van der Waals surface area contributed by atoms with Gasteiger partial charge in [0.05, 0.1) is 22.6 Å². The Morgan fingerprint density at radius 2 is 1.94 bits per heavy atom. The second kappa shape index (κ2) is 10.9. The van der Waals surface area contributed by atoms with E-state index in [0.29, 0.717) is 18.8 Å². The minimum absolute atomic E-state index is 0.103. The van der Waals surface area contributed by atoms with Crippen LogP contribution in [0.2, 0.25) is 0 Å². The SMILES string of the molecule is O=C(CNS(=O)(=O)c1ccc(NCc2ccco2)c([N+](=O)[O-])c1)OCC(=O)N1CCCCC1. The lowest BCUT2D eigenvalue weighted by Gasteiger charge is -2.26. The molecule has 12 nitrogen and oxygen atoms in total. The van der Waals surface area contributed by atoms with E-state index in [0.717, 1.165) is 25.3 Å². The third-order valence-electron chi connectivity index (χ3n) is 4.98. The highest BCUT2D eigenvalue weighted by Gasteiger charge is 2.23. The average molecular weight is 480 g/mol. The van der Waals surface area contributed by atoms with Crippen molar-refractivity contribution in [3.8, 4) is 0 Å². The van der Waals surface area contributed by atoms with Gasteiger partial charge in [-0.1, -0.05) is 0 Å². The highest BCUT2D eigenvalue weighted by Crippen LogP contribution is 2.28. The summed E-state index contributed by atoms with van der Waals surface area (Å²) in [4.78, 5) is 35.8. The lowest BCUT2D eigenvalue weighted by Crippen LogP contribution is -2.39. The van der Waals surface area contributed by atoms with Crippen molar-refractivity contribution < 1.29 is 32.1 Å². The second-order valence-corrected chi connectivity index (χ2v) is 9.06. The number of carbonyl (C=O) groups excluding carboxylic acids is 2. The Bertz CT molecular complexity index is 1100. The maximum atomic E-state index is 12.5. The molecule has 2 aromatic rings. The number of piperidine rings is 1. The lowest BCUT2D eigenvalue weighted by molar-refractivity contribution is -0.384. The highest BCUT2D eigenvalue weighted by molar-refractivity contribution is 7.89. The quantitative estimate of drug-likeness (QED) is 0.292. The van der Waals surface area contributed by atoms with Crippen molar-refractivity contribution in [2.45, 2.75) is 30.7 Å². The second-order valence-electron chi connectivity index (χ2n) is 7.30. The third-order valence-corrected chi connectivity index (χ3v) is 6.38. The first kappa shape index (κ1) is 24.2. The summed E-state index contributed by atoms with van der Waals surface area (Å²) in [5, 5.41) is 14.2. The van der Waals surface area contributed by atoms with Crippen LogP contribution in [0.15, 0.2) is 45.9 Å². The molecule has 0 atom stereocenters. The van der Waals surface area contributed by atoms with Gasteiger partial charge in [-0.15, -0.1) is 0 Å². The number of nitro benzene ring substituents is 1. The average Bonchev–Trinajstić information content (AvgIpc) is 3.34. The summed E-state index contributed by atoms with van der Waals surface area (Å²) in [7, 11) is -4.24. The first-order chi connectivity index (χ1) is 15.8. The Morgan fingerprint density at radius 3 is 2.61 bits per heavy atom. The van der Waals surface area contributed by atoms with Crippen LogP contribution in [0.5, 0.6) is 0 Å². The van der Waals surface area contributed by atoms with Crippen molar-refractivity contribution in [2.75, 3.05) is 31.6 Å². The molecule has 2 heterocycles. The van der Waals surface area contributed by atoms with Crippen LogP contribution in [0.4, 0.5) is 11.4 Å². The van der Waals surface area contributed by atoms with E-state index in [2.05, 4.69) is 5.32 Å². The Balaban J connectivity index is 1.57. The monoisotopic (exact) mass is 480 g/mol. The zero-order valence-electron chi connectivity index (χ0n) is 17.7. The number of benzene rings is 1. The number of sulfonamides is 1. The number of hydrogen-bond donors (Lipinski definition) is 2. The fraction of sp³-hybridized carbons (Fsp3) is 0.400. The molecule has 0 unspecified atom stereocenters. The van der Waals surface area contributed by atoms with Gasteiger partial charge in [0.25, 0.3) is 11.6 Å². The van der Waals surface area contributed by atoms with Crippen molar-refractivity contribution in [3.05, 3.63) is 52.5 Å². The van der Waals surface area contributed by atoms with Crippen molar-refractivity contribution in [1.29, 1.82) is 0 Å². The van der Waals surface area contributed by atoms with E-state index < -0.39 is 44.7 Å². The van der Waals surface area contributed by atoms with Crippen LogP contribution in [0.3, 0.4) is 0 Å². The molecule has 0 bridgehead atoms. The molecule has 0 radical (unpaired) electrons. The van der Waals surface area contributed by atoms with Crippen LogP contribution < -0.4 is 10.0 Å². The smallest absolute Gasteiger partial charge is 0.321 e. The maximum absolute atomic E-state index is 12.5. The van der Waals surface area contributed by atoms with Gasteiger partial charge < -0.3 is 19.4 Å². The largest absolute Gasteiger partial charge is 0.467 e. The standard InChI is InChI=1S/C20H24N4O8S/c25-19(23-8-2-1-3-9-23)14-32-20(26)13-22-33(29,30)16-6-7-17(18(11-16)24(27)28)21-12-15-5-4-10-31-15/h4-7,10-11,21-22H,1-3,8-9,12-14H2. The topological polar surface area (TPSA) is 161 Å². The van der Waals surface area contributed by atoms with Crippen molar-refractivity contribution in [3.63, 3.8) is 0 Å². The summed E-state index contributed by atoms with van der Waals surface area (Å²) in [5.41, 5.74) is -0.356. The number of esters is 1. The molecule has 1 amide bonds. The molecular weight excluding hydrogens is 456 g/mol. The predicted molar refractivity (Wildman–Crippen MR) is 116 cm³/mol. The van der Waals surface area contributed by atoms with E-state index in [1.54, 1.807) is 17.0 Å².